The van der Waals surface area contributed by atoms with Crippen LogP contribution in [-0.2, 0) is 13.1 Å². The van der Waals surface area contributed by atoms with Gasteiger partial charge in [0.2, 0.25) is 0 Å². The van der Waals surface area contributed by atoms with Gasteiger partial charge in [-0.25, -0.2) is 4.39 Å². The fourth-order valence-corrected chi connectivity index (χ4v) is 3.08. The smallest absolute Gasteiger partial charge is 0.123 e. The van der Waals surface area contributed by atoms with Crippen molar-refractivity contribution in [1.82, 2.24) is 5.32 Å². The van der Waals surface area contributed by atoms with E-state index < -0.39 is 0 Å². The highest BCUT2D eigenvalue weighted by Crippen LogP contribution is 2.21. The zero-order valence-corrected chi connectivity index (χ0v) is 11.9. The van der Waals surface area contributed by atoms with E-state index in [-0.39, 0.29) is 5.82 Å². The average molecular weight is 314 g/mol. The molecule has 0 aliphatic heterocycles. The van der Waals surface area contributed by atoms with Gasteiger partial charge < -0.3 is 5.32 Å². The fourth-order valence-electron chi connectivity index (χ4n) is 1.62. The maximum atomic E-state index is 12.9. The number of rotatable bonds is 4. The number of nitrogens with one attached hydrogen (secondary N) is 1. The molecular weight excluding hydrogens is 301 g/mol. The fraction of sp³-hybridized carbons (Fsp3) is 0.231. The molecule has 0 unspecified atom stereocenters. The maximum Gasteiger partial charge on any atom is 0.123 e. The second-order valence-electron chi connectivity index (χ2n) is 3.88. The van der Waals surface area contributed by atoms with Crippen LogP contribution in [0, 0.1) is 12.7 Å². The molecule has 90 valence electrons. The van der Waals surface area contributed by atoms with Gasteiger partial charge in [0.25, 0.3) is 0 Å². The van der Waals surface area contributed by atoms with Gasteiger partial charge in [-0.1, -0.05) is 6.07 Å². The molecule has 0 spiro atoms. The van der Waals surface area contributed by atoms with Crippen LogP contribution in [0.5, 0.6) is 0 Å². The Bertz CT molecular complexity index is 510. The Morgan fingerprint density at radius 1 is 1.24 bits per heavy atom. The van der Waals surface area contributed by atoms with Gasteiger partial charge in [-0.05, 0) is 58.2 Å². The van der Waals surface area contributed by atoms with Crippen molar-refractivity contribution in [2.45, 2.75) is 20.0 Å². The summed E-state index contributed by atoms with van der Waals surface area (Å²) in [6.07, 6.45) is 0. The molecule has 1 nitrogen and oxygen atoms in total. The maximum absolute atomic E-state index is 12.9. The molecule has 2 aromatic rings. The van der Waals surface area contributed by atoms with Crippen molar-refractivity contribution < 1.29 is 4.39 Å². The molecule has 4 heteroatoms. The number of hydrogen-bond donors (Lipinski definition) is 1. The van der Waals surface area contributed by atoms with Gasteiger partial charge in [-0.3, -0.25) is 0 Å². The summed E-state index contributed by atoms with van der Waals surface area (Å²) in [5.74, 6) is -0.173. The molecule has 0 saturated carbocycles. The van der Waals surface area contributed by atoms with Crippen LogP contribution in [0.3, 0.4) is 0 Å². The predicted octanol–water partition coefficient (Wildman–Crippen LogP) is 4.25. The Balaban J connectivity index is 1.90. The number of thiophene rings is 1. The summed E-state index contributed by atoms with van der Waals surface area (Å²) in [7, 11) is 0. The Morgan fingerprint density at radius 2 is 2.06 bits per heavy atom. The number of aryl methyl sites for hydroxylation is 1. The molecule has 0 amide bonds. The molecule has 0 saturated heterocycles. The third-order valence-corrected chi connectivity index (χ3v) is 4.17. The van der Waals surface area contributed by atoms with E-state index in [2.05, 4.69) is 27.3 Å². The minimum Gasteiger partial charge on any atom is -0.308 e. The highest BCUT2D eigenvalue weighted by atomic mass is 79.9. The minimum atomic E-state index is -0.173. The second-order valence-corrected chi connectivity index (χ2v) is 6.43. The van der Waals surface area contributed by atoms with E-state index in [1.54, 1.807) is 17.4 Å². The molecule has 0 bridgehead atoms. The molecule has 1 N–H and O–H groups in total. The molecule has 0 fully saturated rings. The van der Waals surface area contributed by atoms with Gasteiger partial charge in [0.15, 0.2) is 0 Å². The number of hydrogen-bond acceptors (Lipinski definition) is 2. The zero-order chi connectivity index (χ0) is 12.3. The lowest BCUT2D eigenvalue weighted by atomic mass is 10.1. The normalized spacial score (nSPS) is 10.8. The van der Waals surface area contributed by atoms with E-state index in [9.17, 15) is 4.39 Å². The summed E-state index contributed by atoms with van der Waals surface area (Å²) in [5, 5.41) is 3.36. The average Bonchev–Trinajstić information content (AvgIpc) is 2.68. The standard InChI is InChI=1S/C13H13BrFNS/c1-9-6-11(15)3-2-10(9)7-16-8-12-4-5-13(14)17-12/h2-6,16H,7-8H2,1H3. The van der Waals surface area contributed by atoms with Crippen LogP contribution in [-0.4, -0.2) is 0 Å². The summed E-state index contributed by atoms with van der Waals surface area (Å²) in [5.41, 5.74) is 2.13. The topological polar surface area (TPSA) is 12.0 Å². The third kappa shape index (κ3) is 3.63. The van der Waals surface area contributed by atoms with E-state index in [1.165, 1.54) is 10.9 Å². The Hall–Kier alpha value is -0.710. The van der Waals surface area contributed by atoms with Gasteiger partial charge in [0.1, 0.15) is 5.82 Å². The molecule has 0 atom stereocenters. The van der Waals surface area contributed by atoms with Crippen LogP contribution < -0.4 is 5.32 Å². The molecule has 17 heavy (non-hydrogen) atoms. The third-order valence-electron chi connectivity index (χ3n) is 2.55. The molecule has 0 radical (unpaired) electrons. The van der Waals surface area contributed by atoms with Crippen molar-refractivity contribution in [3.63, 3.8) is 0 Å². The van der Waals surface area contributed by atoms with E-state index in [4.69, 9.17) is 0 Å². The summed E-state index contributed by atoms with van der Waals surface area (Å²) >= 11 is 5.16. The monoisotopic (exact) mass is 313 g/mol. The van der Waals surface area contributed by atoms with E-state index in [0.717, 1.165) is 28.0 Å². The summed E-state index contributed by atoms with van der Waals surface area (Å²) < 4.78 is 14.1. The lowest BCUT2D eigenvalue weighted by Crippen LogP contribution is -2.12. The van der Waals surface area contributed by atoms with Crippen LogP contribution in [0.2, 0.25) is 0 Å². The first-order valence-electron chi connectivity index (χ1n) is 5.35. The van der Waals surface area contributed by atoms with Gasteiger partial charge in [0.05, 0.1) is 3.79 Å². The van der Waals surface area contributed by atoms with Gasteiger partial charge in [-0.2, -0.15) is 0 Å². The van der Waals surface area contributed by atoms with E-state index in [0.29, 0.717) is 0 Å². The molecule has 2 rings (SSSR count). The first kappa shape index (κ1) is 12.7. The summed E-state index contributed by atoms with van der Waals surface area (Å²) in [4.78, 5) is 1.29. The lowest BCUT2D eigenvalue weighted by molar-refractivity contribution is 0.623. The van der Waals surface area contributed by atoms with Crippen molar-refractivity contribution in [2.24, 2.45) is 0 Å². The first-order valence-corrected chi connectivity index (χ1v) is 6.96. The van der Waals surface area contributed by atoms with Crippen LogP contribution in [0.4, 0.5) is 4.39 Å². The van der Waals surface area contributed by atoms with E-state index >= 15 is 0 Å². The Kier molecular flexibility index (Phi) is 4.31. The predicted molar refractivity (Wildman–Crippen MR) is 73.7 cm³/mol. The second kappa shape index (κ2) is 5.76. The molecule has 1 aromatic heterocycles. The van der Waals surface area contributed by atoms with Gasteiger partial charge in [-0.15, -0.1) is 11.3 Å². The molecular formula is C13H13BrFNS. The van der Waals surface area contributed by atoms with Crippen molar-refractivity contribution >= 4 is 27.3 Å². The van der Waals surface area contributed by atoms with Crippen LogP contribution in [0.15, 0.2) is 34.1 Å². The van der Waals surface area contributed by atoms with E-state index in [1.807, 2.05) is 19.1 Å². The lowest BCUT2D eigenvalue weighted by Gasteiger charge is -2.06. The Morgan fingerprint density at radius 3 is 2.71 bits per heavy atom. The van der Waals surface area contributed by atoms with Crippen molar-refractivity contribution in [3.05, 3.63) is 55.9 Å². The number of halogens is 2. The van der Waals surface area contributed by atoms with Crippen molar-refractivity contribution in [1.29, 1.82) is 0 Å². The van der Waals surface area contributed by atoms with Gasteiger partial charge >= 0.3 is 0 Å². The van der Waals surface area contributed by atoms with Crippen molar-refractivity contribution in [2.75, 3.05) is 0 Å². The largest absolute Gasteiger partial charge is 0.308 e. The molecule has 1 heterocycles. The number of benzene rings is 1. The highest BCUT2D eigenvalue weighted by molar-refractivity contribution is 9.11. The highest BCUT2D eigenvalue weighted by Gasteiger charge is 2.01. The summed E-state index contributed by atoms with van der Waals surface area (Å²) in [6.45, 7) is 3.54. The Labute approximate surface area is 113 Å². The quantitative estimate of drug-likeness (QED) is 0.890. The van der Waals surface area contributed by atoms with Gasteiger partial charge in [0, 0.05) is 18.0 Å². The van der Waals surface area contributed by atoms with Crippen LogP contribution in [0.1, 0.15) is 16.0 Å². The minimum absolute atomic E-state index is 0.173. The SMILES string of the molecule is Cc1cc(F)ccc1CNCc1ccc(Br)s1. The van der Waals surface area contributed by atoms with Crippen molar-refractivity contribution in [3.8, 4) is 0 Å². The molecule has 0 aliphatic rings. The molecule has 1 aromatic carbocycles. The zero-order valence-electron chi connectivity index (χ0n) is 9.47. The molecule has 0 aliphatic carbocycles. The summed E-state index contributed by atoms with van der Waals surface area (Å²) in [6, 6.07) is 9.05. The van der Waals surface area contributed by atoms with Crippen LogP contribution in [0.25, 0.3) is 0 Å². The van der Waals surface area contributed by atoms with Crippen LogP contribution >= 0.6 is 27.3 Å². The first-order chi connectivity index (χ1) is 8.15.